The molecule has 0 aliphatic heterocycles. The molecule has 0 aliphatic carbocycles. The van der Waals surface area contributed by atoms with Crippen LogP contribution in [0.15, 0.2) is 71.5 Å². The minimum Gasteiger partial charge on any atom is -0.495 e. The number of methoxy groups -OCH3 is 1. The Hall–Kier alpha value is -3.53. The largest absolute Gasteiger partial charge is 0.495 e. The molecule has 0 bridgehead atoms. The van der Waals surface area contributed by atoms with E-state index in [-0.39, 0.29) is 11.2 Å². The molecule has 0 unspecified atom stereocenters. The molecule has 0 saturated carbocycles. The van der Waals surface area contributed by atoms with Crippen LogP contribution in [0, 0.1) is 13.7 Å². The molecule has 0 amide bonds. The predicted molar refractivity (Wildman–Crippen MR) is 129 cm³/mol. The van der Waals surface area contributed by atoms with Crippen molar-refractivity contribution in [3.8, 4) is 11.4 Å². The summed E-state index contributed by atoms with van der Waals surface area (Å²) in [5, 5.41) is 11.6. The van der Waals surface area contributed by atoms with Crippen molar-refractivity contribution in [1.29, 1.82) is 0 Å². The average Bonchev–Trinajstić information content (AvgIpc) is 2.78. The molecule has 4 aromatic rings. The maximum atomic E-state index is 13.5. The molecule has 4 rings (SSSR count). The number of nitrogens with zero attached hydrogens (tertiary/aromatic N) is 3. The van der Waals surface area contributed by atoms with Gasteiger partial charge in [0.15, 0.2) is 0 Å². The molecule has 3 aromatic carbocycles. The summed E-state index contributed by atoms with van der Waals surface area (Å²) >= 11 is 2.16. The number of nitro benzene ring substituents is 1. The second-order valence-electron chi connectivity index (χ2n) is 6.63. The van der Waals surface area contributed by atoms with E-state index in [2.05, 4.69) is 27.6 Å². The molecule has 154 valence electrons. The molecular weight excluding hydrogens is 509 g/mol. The van der Waals surface area contributed by atoms with Crippen molar-refractivity contribution in [3.05, 3.63) is 102 Å². The lowest BCUT2D eigenvalue weighted by Crippen LogP contribution is -2.23. The van der Waals surface area contributed by atoms with E-state index in [1.54, 1.807) is 55.7 Å². The summed E-state index contributed by atoms with van der Waals surface area (Å²) in [6.45, 7) is 0. The number of hydrogen-bond acceptors (Lipinski definition) is 5. The van der Waals surface area contributed by atoms with E-state index >= 15 is 0 Å². The van der Waals surface area contributed by atoms with E-state index in [4.69, 9.17) is 4.74 Å². The normalized spacial score (nSPS) is 11.2. The highest BCUT2D eigenvalue weighted by Gasteiger charge is 2.15. The number of hydrogen-bond donors (Lipinski definition) is 0. The summed E-state index contributed by atoms with van der Waals surface area (Å²) in [7, 11) is 1.54. The third kappa shape index (κ3) is 4.19. The van der Waals surface area contributed by atoms with Crippen molar-refractivity contribution in [2.45, 2.75) is 0 Å². The average molecular weight is 525 g/mol. The predicted octanol–water partition coefficient (Wildman–Crippen LogP) is 5.08. The summed E-state index contributed by atoms with van der Waals surface area (Å²) < 4.78 is 7.88. The summed E-state index contributed by atoms with van der Waals surface area (Å²) in [5.41, 5.74) is 1.51. The van der Waals surface area contributed by atoms with Gasteiger partial charge in [0.25, 0.3) is 11.2 Å². The highest BCUT2D eigenvalue weighted by molar-refractivity contribution is 14.1. The zero-order valence-electron chi connectivity index (χ0n) is 16.4. The van der Waals surface area contributed by atoms with Gasteiger partial charge < -0.3 is 4.74 Å². The van der Waals surface area contributed by atoms with Crippen molar-refractivity contribution in [2.75, 3.05) is 7.11 Å². The van der Waals surface area contributed by atoms with Gasteiger partial charge in [-0.2, -0.15) is 0 Å². The first-order valence-corrected chi connectivity index (χ1v) is 10.3. The van der Waals surface area contributed by atoms with Crippen LogP contribution in [0.25, 0.3) is 28.7 Å². The fraction of sp³-hybridized carbons (Fsp3) is 0.0435. The van der Waals surface area contributed by atoms with Crippen LogP contribution in [-0.2, 0) is 0 Å². The van der Waals surface area contributed by atoms with Crippen molar-refractivity contribution in [3.63, 3.8) is 0 Å². The third-order valence-corrected chi connectivity index (χ3v) is 5.36. The Balaban J connectivity index is 1.95. The quantitative estimate of drug-likeness (QED) is 0.206. The molecule has 7 nitrogen and oxygen atoms in total. The maximum Gasteiger partial charge on any atom is 0.270 e. The Bertz CT molecular complexity index is 1400. The summed E-state index contributed by atoms with van der Waals surface area (Å²) in [6.07, 6.45) is 3.36. The number of para-hydroxylation sites is 2. The number of fused-ring (bicyclic) bond motifs is 1. The van der Waals surface area contributed by atoms with Crippen LogP contribution in [0.3, 0.4) is 0 Å². The lowest BCUT2D eigenvalue weighted by molar-refractivity contribution is -0.384. The van der Waals surface area contributed by atoms with Gasteiger partial charge in [-0.1, -0.05) is 30.3 Å². The van der Waals surface area contributed by atoms with Gasteiger partial charge in [-0.15, -0.1) is 0 Å². The zero-order chi connectivity index (χ0) is 22.0. The molecule has 1 heterocycles. The van der Waals surface area contributed by atoms with Crippen molar-refractivity contribution in [1.82, 2.24) is 9.55 Å². The van der Waals surface area contributed by atoms with Gasteiger partial charge >= 0.3 is 0 Å². The van der Waals surface area contributed by atoms with Gasteiger partial charge in [-0.25, -0.2) is 4.98 Å². The van der Waals surface area contributed by atoms with E-state index in [0.29, 0.717) is 33.7 Å². The molecular formula is C23H16IN3O4. The van der Waals surface area contributed by atoms with E-state index in [1.807, 2.05) is 18.2 Å². The van der Waals surface area contributed by atoms with Gasteiger partial charge in [0.05, 0.1) is 28.6 Å². The van der Waals surface area contributed by atoms with Crippen LogP contribution in [0.2, 0.25) is 0 Å². The second kappa shape index (κ2) is 8.68. The first kappa shape index (κ1) is 20.7. The second-order valence-corrected chi connectivity index (χ2v) is 7.87. The first-order valence-electron chi connectivity index (χ1n) is 9.26. The van der Waals surface area contributed by atoms with Crippen LogP contribution in [0.5, 0.6) is 5.75 Å². The number of rotatable bonds is 5. The van der Waals surface area contributed by atoms with E-state index in [1.165, 1.54) is 16.7 Å². The number of ether oxygens (including phenoxy) is 1. The van der Waals surface area contributed by atoms with Crippen LogP contribution in [0.1, 0.15) is 11.4 Å². The monoisotopic (exact) mass is 525 g/mol. The summed E-state index contributed by atoms with van der Waals surface area (Å²) in [6, 6.07) is 18.9. The van der Waals surface area contributed by atoms with Crippen LogP contribution in [0.4, 0.5) is 5.69 Å². The van der Waals surface area contributed by atoms with Crippen LogP contribution in [-0.4, -0.2) is 21.6 Å². The Morgan fingerprint density at radius 2 is 1.87 bits per heavy atom. The number of halogens is 1. The van der Waals surface area contributed by atoms with Gasteiger partial charge in [0.1, 0.15) is 11.6 Å². The first-order chi connectivity index (χ1) is 15.0. The number of non-ortho nitro benzene ring substituents is 1. The standard InChI is InChI=1S/C23H16IN3O4/c1-31-21-8-3-2-7-20(21)26-22(12-9-15-5-4-6-17(13-15)27(29)30)25-19-11-10-16(24)14-18(19)23(26)28/h2-14H,1H3/b12-9+. The Labute approximate surface area is 190 Å². The highest BCUT2D eigenvalue weighted by atomic mass is 127. The molecule has 0 radical (unpaired) electrons. The molecule has 0 N–H and O–H groups in total. The number of benzene rings is 3. The Morgan fingerprint density at radius 3 is 2.65 bits per heavy atom. The third-order valence-electron chi connectivity index (χ3n) is 4.69. The fourth-order valence-corrected chi connectivity index (χ4v) is 3.74. The molecule has 8 heteroatoms. The topological polar surface area (TPSA) is 87.3 Å². The van der Waals surface area contributed by atoms with Gasteiger partial charge in [-0.3, -0.25) is 19.5 Å². The van der Waals surface area contributed by atoms with Crippen LogP contribution < -0.4 is 10.3 Å². The summed E-state index contributed by atoms with van der Waals surface area (Å²) in [5.74, 6) is 0.913. The van der Waals surface area contributed by atoms with Crippen molar-refractivity contribution >= 4 is 51.3 Å². The van der Waals surface area contributed by atoms with E-state index in [9.17, 15) is 14.9 Å². The Morgan fingerprint density at radius 1 is 1.06 bits per heavy atom. The smallest absolute Gasteiger partial charge is 0.270 e. The van der Waals surface area contributed by atoms with Crippen molar-refractivity contribution in [2.24, 2.45) is 0 Å². The lowest BCUT2D eigenvalue weighted by Gasteiger charge is -2.14. The Kier molecular flexibility index (Phi) is 5.81. The van der Waals surface area contributed by atoms with Gasteiger partial charge in [0.2, 0.25) is 0 Å². The fourth-order valence-electron chi connectivity index (χ4n) is 3.25. The number of aromatic nitrogens is 2. The minimum absolute atomic E-state index is 0.00897. The zero-order valence-corrected chi connectivity index (χ0v) is 18.5. The number of nitro groups is 1. The van der Waals surface area contributed by atoms with Crippen LogP contribution >= 0.6 is 22.6 Å². The lowest BCUT2D eigenvalue weighted by atomic mass is 10.1. The molecule has 0 saturated heterocycles. The molecule has 0 atom stereocenters. The molecule has 0 fully saturated rings. The SMILES string of the molecule is COc1ccccc1-n1c(/C=C/c2cccc([N+](=O)[O-])c2)nc2ccc(I)cc2c1=O. The van der Waals surface area contributed by atoms with Crippen molar-refractivity contribution < 1.29 is 9.66 Å². The minimum atomic E-state index is -0.446. The van der Waals surface area contributed by atoms with E-state index in [0.717, 1.165) is 3.57 Å². The summed E-state index contributed by atoms with van der Waals surface area (Å²) in [4.78, 5) is 28.8. The highest BCUT2D eigenvalue weighted by Crippen LogP contribution is 2.24. The van der Waals surface area contributed by atoms with Gasteiger partial charge in [0, 0.05) is 15.7 Å². The molecule has 31 heavy (non-hydrogen) atoms. The molecule has 1 aromatic heterocycles. The van der Waals surface area contributed by atoms with E-state index < -0.39 is 4.92 Å². The molecule has 0 spiro atoms. The molecule has 0 aliphatic rings. The van der Waals surface area contributed by atoms with Gasteiger partial charge in [-0.05, 0) is 64.6 Å². The maximum absolute atomic E-state index is 13.5.